The zero-order chi connectivity index (χ0) is 12.2. The Hall–Kier alpha value is -0.670. The number of hydrogen-bond donors (Lipinski definition) is 0. The van der Waals surface area contributed by atoms with Gasteiger partial charge in [0.25, 0.3) is 0 Å². The zero-order valence-electron chi connectivity index (χ0n) is 8.97. The van der Waals surface area contributed by atoms with E-state index in [9.17, 15) is 9.36 Å². The van der Waals surface area contributed by atoms with E-state index in [1.165, 1.54) is 14.2 Å². The summed E-state index contributed by atoms with van der Waals surface area (Å²) in [5.41, 5.74) is 0.318. The van der Waals surface area contributed by atoms with Crippen molar-refractivity contribution in [3.8, 4) is 0 Å². The number of carbonyl (C=O) groups excluding carboxylic acids is 1. The molecular weight excluding hydrogens is 251 g/mol. The molecule has 6 heteroatoms. The Labute approximate surface area is 99.0 Å². The maximum atomic E-state index is 11.8. The minimum atomic E-state index is -3.33. The average molecular weight is 263 g/mol. The van der Waals surface area contributed by atoms with Crippen LogP contribution in [-0.2, 0) is 13.6 Å². The Balaban J connectivity index is 2.89. The van der Waals surface area contributed by atoms with Gasteiger partial charge in [0.15, 0.2) is 5.78 Å². The fourth-order valence-electron chi connectivity index (χ4n) is 1.15. The third-order valence-corrected chi connectivity index (χ3v) is 4.18. The Morgan fingerprint density at radius 2 is 1.88 bits per heavy atom. The molecule has 0 aliphatic rings. The molecule has 0 N–H and O–H groups in total. The van der Waals surface area contributed by atoms with Gasteiger partial charge in [-0.15, -0.1) is 0 Å². The van der Waals surface area contributed by atoms with Gasteiger partial charge in [0, 0.05) is 19.8 Å². The minimum absolute atomic E-state index is 0.316. The molecule has 0 fully saturated rings. The van der Waals surface area contributed by atoms with Crippen LogP contribution in [0.25, 0.3) is 0 Å². The third-order valence-electron chi connectivity index (χ3n) is 2.07. The van der Waals surface area contributed by atoms with Crippen molar-refractivity contribution in [1.82, 2.24) is 0 Å². The van der Waals surface area contributed by atoms with E-state index >= 15 is 0 Å². The van der Waals surface area contributed by atoms with Crippen molar-refractivity contribution in [3.05, 3.63) is 34.9 Å². The maximum absolute atomic E-state index is 11.8. The number of rotatable bonds is 5. The van der Waals surface area contributed by atoms with Crippen LogP contribution in [0.15, 0.2) is 24.3 Å². The molecule has 0 amide bonds. The first-order valence-corrected chi connectivity index (χ1v) is 6.61. The lowest BCUT2D eigenvalue weighted by Gasteiger charge is -2.12. The van der Waals surface area contributed by atoms with Gasteiger partial charge in [-0.3, -0.25) is 9.36 Å². The lowest BCUT2D eigenvalue weighted by Crippen LogP contribution is -2.08. The molecule has 0 aliphatic carbocycles. The quantitative estimate of drug-likeness (QED) is 0.605. The van der Waals surface area contributed by atoms with Gasteiger partial charge in [-0.1, -0.05) is 23.7 Å². The van der Waals surface area contributed by atoms with Gasteiger partial charge in [-0.2, -0.15) is 0 Å². The molecule has 1 aromatic rings. The van der Waals surface area contributed by atoms with Gasteiger partial charge in [0.2, 0.25) is 0 Å². The second kappa shape index (κ2) is 5.60. The van der Waals surface area contributed by atoms with Crippen LogP contribution in [0, 0.1) is 0 Å². The van der Waals surface area contributed by atoms with Crippen LogP contribution < -0.4 is 0 Å². The van der Waals surface area contributed by atoms with Gasteiger partial charge in [0.05, 0.1) is 5.02 Å². The summed E-state index contributed by atoms with van der Waals surface area (Å²) in [6.07, 6.45) is -0.316. The highest BCUT2D eigenvalue weighted by Crippen LogP contribution is 2.46. The number of hydrogen-bond acceptors (Lipinski definition) is 4. The predicted molar refractivity (Wildman–Crippen MR) is 62.3 cm³/mol. The smallest absolute Gasteiger partial charge is 0.312 e. The number of halogens is 1. The summed E-state index contributed by atoms with van der Waals surface area (Å²) in [5, 5.41) is 0.325. The van der Waals surface area contributed by atoms with Gasteiger partial charge < -0.3 is 9.05 Å². The molecule has 0 aromatic heterocycles. The first-order chi connectivity index (χ1) is 7.52. The summed E-state index contributed by atoms with van der Waals surface area (Å²) < 4.78 is 21.1. The average Bonchev–Trinajstić information content (AvgIpc) is 2.29. The number of Topliss-reactive ketones (excluding diaryl/α,β-unsaturated/α-hetero) is 1. The highest BCUT2D eigenvalue weighted by atomic mass is 35.5. The van der Waals surface area contributed by atoms with Crippen molar-refractivity contribution in [3.63, 3.8) is 0 Å². The topological polar surface area (TPSA) is 52.6 Å². The molecule has 0 unspecified atom stereocenters. The van der Waals surface area contributed by atoms with Crippen LogP contribution in [0.2, 0.25) is 5.02 Å². The van der Waals surface area contributed by atoms with Crippen LogP contribution in [0.5, 0.6) is 0 Å². The fourth-order valence-corrected chi connectivity index (χ4v) is 2.32. The van der Waals surface area contributed by atoms with Crippen LogP contribution >= 0.6 is 19.2 Å². The Morgan fingerprint density at radius 3 is 2.38 bits per heavy atom. The van der Waals surface area contributed by atoms with Crippen molar-refractivity contribution in [2.45, 2.75) is 0 Å². The second-order valence-corrected chi connectivity index (χ2v) is 5.71. The van der Waals surface area contributed by atoms with E-state index in [0.717, 1.165) is 0 Å². The summed E-state index contributed by atoms with van der Waals surface area (Å²) >= 11 is 5.84. The molecule has 1 rings (SSSR count). The van der Waals surface area contributed by atoms with E-state index < -0.39 is 7.60 Å². The molecule has 4 nitrogen and oxygen atoms in total. The second-order valence-electron chi connectivity index (χ2n) is 3.04. The summed E-state index contributed by atoms with van der Waals surface area (Å²) in [4.78, 5) is 11.8. The normalized spacial score (nSPS) is 11.4. The van der Waals surface area contributed by atoms with Crippen molar-refractivity contribution in [1.29, 1.82) is 0 Å². The van der Waals surface area contributed by atoms with Crippen molar-refractivity contribution >= 4 is 25.0 Å². The number of benzene rings is 1. The van der Waals surface area contributed by atoms with Crippen LogP contribution in [0.1, 0.15) is 10.4 Å². The van der Waals surface area contributed by atoms with E-state index in [1.54, 1.807) is 24.3 Å². The van der Waals surface area contributed by atoms with Gasteiger partial charge in [-0.05, 0) is 12.1 Å². The van der Waals surface area contributed by atoms with E-state index in [4.69, 9.17) is 11.6 Å². The predicted octanol–water partition coefficient (Wildman–Crippen LogP) is 3.01. The standard InChI is InChI=1S/C10H12ClO4P/c1-14-16(13,15-2)7-10(12)8-5-3-4-6-9(8)11/h3-6H,7H2,1-2H3. The SMILES string of the molecule is COP(=O)(CC(=O)c1ccccc1Cl)OC. The van der Waals surface area contributed by atoms with E-state index in [-0.39, 0.29) is 11.9 Å². The molecule has 16 heavy (non-hydrogen) atoms. The fraction of sp³-hybridized carbons (Fsp3) is 0.300. The molecule has 88 valence electrons. The molecule has 0 radical (unpaired) electrons. The maximum Gasteiger partial charge on any atom is 0.337 e. The van der Waals surface area contributed by atoms with E-state index in [2.05, 4.69) is 9.05 Å². The Morgan fingerprint density at radius 1 is 1.31 bits per heavy atom. The van der Waals surface area contributed by atoms with E-state index in [0.29, 0.717) is 10.6 Å². The van der Waals surface area contributed by atoms with Crippen LogP contribution in [0.4, 0.5) is 0 Å². The lowest BCUT2D eigenvalue weighted by atomic mass is 10.1. The summed E-state index contributed by atoms with van der Waals surface area (Å²) in [6.45, 7) is 0. The number of carbonyl (C=O) groups is 1. The van der Waals surface area contributed by atoms with Crippen LogP contribution in [-0.4, -0.2) is 26.2 Å². The highest BCUT2D eigenvalue weighted by Gasteiger charge is 2.26. The van der Waals surface area contributed by atoms with Crippen molar-refractivity contribution in [2.75, 3.05) is 20.4 Å². The molecule has 1 aromatic carbocycles. The summed E-state index contributed by atoms with van der Waals surface area (Å²) in [5.74, 6) is -0.363. The first kappa shape index (κ1) is 13.4. The monoisotopic (exact) mass is 262 g/mol. The summed E-state index contributed by atoms with van der Waals surface area (Å²) in [7, 11) is -0.850. The minimum Gasteiger partial charge on any atom is -0.312 e. The third kappa shape index (κ3) is 3.16. The lowest BCUT2D eigenvalue weighted by molar-refractivity contribution is 0.101. The van der Waals surface area contributed by atoms with Gasteiger partial charge in [0.1, 0.15) is 6.16 Å². The van der Waals surface area contributed by atoms with Gasteiger partial charge >= 0.3 is 7.60 Å². The zero-order valence-corrected chi connectivity index (χ0v) is 10.6. The molecule has 0 heterocycles. The molecular formula is C10H12ClO4P. The Kier molecular flexibility index (Phi) is 4.69. The summed E-state index contributed by atoms with van der Waals surface area (Å²) in [6, 6.07) is 6.56. The molecule has 0 spiro atoms. The molecule has 0 aliphatic heterocycles. The van der Waals surface area contributed by atoms with Crippen LogP contribution in [0.3, 0.4) is 0 Å². The van der Waals surface area contributed by atoms with Crippen molar-refractivity contribution < 1.29 is 18.4 Å². The first-order valence-electron chi connectivity index (χ1n) is 4.50. The molecule has 0 atom stereocenters. The Bertz CT molecular complexity index is 425. The van der Waals surface area contributed by atoms with Gasteiger partial charge in [-0.25, -0.2) is 0 Å². The van der Waals surface area contributed by atoms with E-state index in [1.807, 2.05) is 0 Å². The number of ketones is 1. The molecule has 0 bridgehead atoms. The largest absolute Gasteiger partial charge is 0.337 e. The molecule has 0 saturated carbocycles. The molecule has 0 saturated heterocycles. The van der Waals surface area contributed by atoms with Crippen molar-refractivity contribution in [2.24, 2.45) is 0 Å². The highest BCUT2D eigenvalue weighted by molar-refractivity contribution is 7.54.